The van der Waals surface area contributed by atoms with Gasteiger partial charge in [-0.3, -0.25) is 20.2 Å². The number of aliphatic imine (C=N–C) groups is 1. The van der Waals surface area contributed by atoms with E-state index in [0.29, 0.717) is 5.56 Å². The molecule has 39 heavy (non-hydrogen) atoms. The smallest absolute Gasteiger partial charge is 0.448 e. The second-order valence-electron chi connectivity index (χ2n) is 8.43. The van der Waals surface area contributed by atoms with E-state index in [-0.39, 0.29) is 29.5 Å². The number of para-hydroxylation sites is 2. The van der Waals surface area contributed by atoms with Crippen molar-refractivity contribution in [3.63, 3.8) is 0 Å². The van der Waals surface area contributed by atoms with Crippen molar-refractivity contribution < 1.29 is 28.2 Å². The van der Waals surface area contributed by atoms with Gasteiger partial charge in [-0.15, -0.1) is 0 Å². The van der Waals surface area contributed by atoms with Gasteiger partial charge in [-0.1, -0.05) is 66.7 Å². The predicted octanol–water partition coefficient (Wildman–Crippen LogP) is 6.48. The maximum atomic E-state index is 14.9. The predicted molar refractivity (Wildman–Crippen MR) is 142 cm³/mol. The Morgan fingerprint density at radius 2 is 1.21 bits per heavy atom. The van der Waals surface area contributed by atoms with E-state index in [9.17, 15) is 24.8 Å². The number of rotatable bonds is 9. The van der Waals surface area contributed by atoms with Crippen LogP contribution in [0.1, 0.15) is 11.1 Å². The van der Waals surface area contributed by atoms with E-state index in [1.165, 1.54) is 0 Å². The molecule has 0 aromatic heterocycles. The fraction of sp³-hybridized carbons (Fsp3) is 0.0741. The van der Waals surface area contributed by atoms with Crippen LogP contribution in [0.25, 0.3) is 0 Å². The number of non-ortho nitro benzene ring substituents is 2. The highest BCUT2D eigenvalue weighted by Crippen LogP contribution is 2.66. The van der Waals surface area contributed by atoms with Crippen molar-refractivity contribution in [2.24, 2.45) is 4.99 Å². The van der Waals surface area contributed by atoms with E-state index in [4.69, 9.17) is 13.8 Å². The number of hydrogen-bond acceptors (Lipinski definition) is 9. The minimum atomic E-state index is -4.39. The van der Waals surface area contributed by atoms with Gasteiger partial charge in [-0.25, -0.2) is 9.56 Å². The molecule has 0 aliphatic carbocycles. The first-order valence-electron chi connectivity index (χ1n) is 11.6. The van der Waals surface area contributed by atoms with Gasteiger partial charge in [0, 0.05) is 23.3 Å². The van der Waals surface area contributed by atoms with Crippen molar-refractivity contribution in [1.82, 2.24) is 0 Å². The zero-order valence-corrected chi connectivity index (χ0v) is 21.0. The van der Waals surface area contributed by atoms with Gasteiger partial charge < -0.3 is 13.8 Å². The molecule has 1 heterocycles. The van der Waals surface area contributed by atoms with E-state index in [1.54, 1.807) is 91.0 Å². The number of benzene rings is 4. The van der Waals surface area contributed by atoms with E-state index in [2.05, 4.69) is 4.99 Å². The SMILES string of the molecule is O=[N+]([O-])c1cc(C2=NC[C@@](c3ccccc3)(P(=O)(Oc3ccccc3)Oc3ccccc3)O2)cc([N+](=O)[O-])c1. The highest BCUT2D eigenvalue weighted by molar-refractivity contribution is 7.55. The number of nitro benzene ring substituents is 2. The number of nitrogens with zero attached hydrogens (tertiary/aromatic N) is 3. The Balaban J connectivity index is 1.65. The molecule has 196 valence electrons. The molecule has 0 saturated heterocycles. The number of hydrogen-bond donors (Lipinski definition) is 0. The van der Waals surface area contributed by atoms with Crippen LogP contribution >= 0.6 is 7.60 Å². The topological polar surface area (TPSA) is 143 Å². The first kappa shape index (κ1) is 25.6. The van der Waals surface area contributed by atoms with Gasteiger partial charge >= 0.3 is 7.60 Å². The van der Waals surface area contributed by atoms with Crippen LogP contribution in [0, 0.1) is 20.2 Å². The summed E-state index contributed by atoms with van der Waals surface area (Å²) in [6.45, 7) is -0.264. The summed E-state index contributed by atoms with van der Waals surface area (Å²) in [5.41, 5.74) is -0.669. The Labute approximate surface area is 222 Å². The Hall–Kier alpha value is -5.02. The van der Waals surface area contributed by atoms with Gasteiger partial charge in [0.05, 0.1) is 15.9 Å². The van der Waals surface area contributed by atoms with E-state index < -0.39 is 34.2 Å². The number of nitro groups is 2. The fourth-order valence-electron chi connectivity index (χ4n) is 4.04. The molecule has 0 bridgehead atoms. The maximum Gasteiger partial charge on any atom is 0.480 e. The summed E-state index contributed by atoms with van der Waals surface area (Å²) in [7, 11) is -4.39. The van der Waals surface area contributed by atoms with Crippen LogP contribution in [0.15, 0.2) is 114 Å². The fourth-order valence-corrected chi connectivity index (χ4v) is 6.08. The normalized spacial score (nSPS) is 16.6. The van der Waals surface area contributed by atoms with Crippen molar-refractivity contribution in [3.05, 3.63) is 141 Å². The largest absolute Gasteiger partial charge is 0.480 e. The van der Waals surface area contributed by atoms with Gasteiger partial charge in [0.2, 0.25) is 5.90 Å². The molecule has 11 nitrogen and oxygen atoms in total. The summed E-state index contributed by atoms with van der Waals surface area (Å²) in [6, 6.07) is 28.4. The van der Waals surface area contributed by atoms with Crippen molar-refractivity contribution in [3.8, 4) is 11.5 Å². The number of ether oxygens (including phenoxy) is 1. The first-order valence-corrected chi connectivity index (χ1v) is 13.2. The van der Waals surface area contributed by atoms with Crippen LogP contribution in [0.5, 0.6) is 11.5 Å². The van der Waals surface area contributed by atoms with Gasteiger partial charge in [0.1, 0.15) is 18.0 Å². The summed E-state index contributed by atoms with van der Waals surface area (Å²) >= 11 is 0. The molecule has 12 heteroatoms. The molecule has 0 N–H and O–H groups in total. The summed E-state index contributed by atoms with van der Waals surface area (Å²) < 4.78 is 33.4. The van der Waals surface area contributed by atoms with Crippen LogP contribution in [-0.2, 0) is 14.6 Å². The molecule has 0 saturated carbocycles. The van der Waals surface area contributed by atoms with E-state index >= 15 is 0 Å². The monoisotopic (exact) mass is 545 g/mol. The summed E-state index contributed by atoms with van der Waals surface area (Å²) in [4.78, 5) is 25.9. The quantitative estimate of drug-likeness (QED) is 0.132. The minimum Gasteiger partial charge on any atom is -0.448 e. The molecular formula is C27H20N3O8P. The van der Waals surface area contributed by atoms with Crippen molar-refractivity contribution in [2.75, 3.05) is 6.54 Å². The lowest BCUT2D eigenvalue weighted by molar-refractivity contribution is -0.394. The molecule has 4 aromatic carbocycles. The average Bonchev–Trinajstić information content (AvgIpc) is 3.42. The first-order chi connectivity index (χ1) is 18.8. The molecule has 5 rings (SSSR count). The van der Waals surface area contributed by atoms with Gasteiger partial charge in [0.25, 0.3) is 16.7 Å². The highest BCUT2D eigenvalue weighted by Gasteiger charge is 2.61. The Bertz CT molecular complexity index is 1520. The van der Waals surface area contributed by atoms with E-state index in [0.717, 1.165) is 18.2 Å². The van der Waals surface area contributed by atoms with Crippen LogP contribution in [0.4, 0.5) is 11.4 Å². The molecule has 0 unspecified atom stereocenters. The standard InChI is InChI=1S/C27H20N3O8P/c31-29(32)22-16-20(17-23(18-22)30(33)34)26-28-19-27(36-26,21-10-4-1-5-11-21)39(35,37-24-12-6-2-7-13-24)38-25-14-8-3-9-15-25/h1-18H,19H2/t27-/m0/s1. The molecule has 1 atom stereocenters. The molecule has 1 aliphatic heterocycles. The third-order valence-electron chi connectivity index (χ3n) is 5.88. The van der Waals surface area contributed by atoms with Crippen molar-refractivity contribution in [1.29, 1.82) is 0 Å². The summed E-state index contributed by atoms with van der Waals surface area (Å²) in [5, 5.41) is 21.1. The van der Waals surface area contributed by atoms with E-state index in [1.807, 2.05) is 0 Å². The summed E-state index contributed by atoms with van der Waals surface area (Å²) in [5.74, 6) is 0.310. The van der Waals surface area contributed by atoms with Crippen LogP contribution in [-0.4, -0.2) is 22.3 Å². The van der Waals surface area contributed by atoms with Crippen molar-refractivity contribution >= 4 is 24.9 Å². The minimum absolute atomic E-state index is 0.0281. The van der Waals surface area contributed by atoms with Crippen LogP contribution in [0.2, 0.25) is 0 Å². The van der Waals surface area contributed by atoms with Gasteiger partial charge in [-0.05, 0) is 24.3 Å². The molecule has 4 aromatic rings. The summed E-state index contributed by atoms with van der Waals surface area (Å²) in [6.07, 6.45) is 0. The van der Waals surface area contributed by atoms with Gasteiger partial charge in [0.15, 0.2) is 0 Å². The average molecular weight is 545 g/mol. The molecule has 1 aliphatic rings. The zero-order valence-electron chi connectivity index (χ0n) is 20.2. The third-order valence-corrected chi connectivity index (χ3v) is 8.16. The second-order valence-corrected chi connectivity index (χ2v) is 10.5. The molecule has 0 spiro atoms. The molecule has 0 amide bonds. The van der Waals surface area contributed by atoms with Crippen molar-refractivity contribution in [2.45, 2.75) is 5.34 Å². The molecule has 0 fully saturated rings. The lowest BCUT2D eigenvalue weighted by Gasteiger charge is -2.35. The molecule has 0 radical (unpaired) electrons. The van der Waals surface area contributed by atoms with Gasteiger partial charge in [-0.2, -0.15) is 0 Å². The lowest BCUT2D eigenvalue weighted by Crippen LogP contribution is -2.34. The van der Waals surface area contributed by atoms with Crippen LogP contribution < -0.4 is 9.05 Å². The Kier molecular flexibility index (Phi) is 6.83. The second kappa shape index (κ2) is 10.4. The zero-order chi connectivity index (χ0) is 27.5. The molecular weight excluding hydrogens is 525 g/mol. The van der Waals surface area contributed by atoms with Crippen LogP contribution in [0.3, 0.4) is 0 Å². The third kappa shape index (κ3) is 5.07. The maximum absolute atomic E-state index is 14.9. The Morgan fingerprint density at radius 3 is 1.67 bits per heavy atom. The lowest BCUT2D eigenvalue weighted by atomic mass is 10.1. The highest BCUT2D eigenvalue weighted by atomic mass is 31.2. The Morgan fingerprint density at radius 1 is 0.744 bits per heavy atom.